The summed E-state index contributed by atoms with van der Waals surface area (Å²) in [5, 5.41) is 12.4. The Hall–Kier alpha value is -2.89. The molecule has 2 aromatic rings. The quantitative estimate of drug-likeness (QED) is 0.902. The third kappa shape index (κ3) is 3.71. The number of phenolic OH excluding ortho intramolecular Hbond substituents is 1. The number of rotatable bonds is 3. The van der Waals surface area contributed by atoms with E-state index in [1.165, 1.54) is 12.1 Å². The van der Waals surface area contributed by atoms with E-state index in [1.807, 2.05) is 0 Å². The number of amides is 2. The van der Waals surface area contributed by atoms with E-state index < -0.39 is 0 Å². The van der Waals surface area contributed by atoms with Gasteiger partial charge in [0.2, 0.25) is 0 Å². The average molecular weight is 325 g/mol. The first-order valence-electron chi connectivity index (χ1n) is 7.92. The van der Waals surface area contributed by atoms with Crippen molar-refractivity contribution < 1.29 is 14.7 Å². The number of phenols is 1. The van der Waals surface area contributed by atoms with Gasteiger partial charge in [-0.1, -0.05) is 6.07 Å². The van der Waals surface area contributed by atoms with Gasteiger partial charge in [-0.25, -0.2) is 0 Å². The van der Waals surface area contributed by atoms with E-state index in [2.05, 4.69) is 10.3 Å². The number of hydrogen-bond acceptors (Lipinski definition) is 4. The Labute approximate surface area is 140 Å². The summed E-state index contributed by atoms with van der Waals surface area (Å²) in [4.78, 5) is 30.3. The minimum Gasteiger partial charge on any atom is -0.508 e. The number of benzene rings is 1. The zero-order chi connectivity index (χ0) is 16.9. The summed E-state index contributed by atoms with van der Waals surface area (Å²) in [7, 11) is 0. The van der Waals surface area contributed by atoms with E-state index in [-0.39, 0.29) is 23.6 Å². The van der Waals surface area contributed by atoms with Crippen molar-refractivity contribution in [1.82, 2.24) is 15.2 Å². The molecule has 2 amide bonds. The van der Waals surface area contributed by atoms with E-state index in [9.17, 15) is 14.7 Å². The third-order valence-electron chi connectivity index (χ3n) is 4.15. The van der Waals surface area contributed by atoms with Gasteiger partial charge in [0, 0.05) is 42.7 Å². The molecule has 0 atom stereocenters. The number of carbonyl (C=O) groups excluding carboxylic acids is 2. The van der Waals surface area contributed by atoms with Crippen molar-refractivity contribution in [2.24, 2.45) is 0 Å². The molecule has 6 nitrogen and oxygen atoms in total. The van der Waals surface area contributed by atoms with Crippen LogP contribution in [0.4, 0.5) is 0 Å². The molecule has 2 heterocycles. The molecule has 2 N–H and O–H groups in total. The molecule has 0 saturated carbocycles. The Kier molecular flexibility index (Phi) is 4.74. The zero-order valence-corrected chi connectivity index (χ0v) is 13.2. The Morgan fingerprint density at radius 2 is 1.79 bits per heavy atom. The Bertz CT molecular complexity index is 725. The minimum atomic E-state index is -0.204. The molecule has 1 aromatic heterocycles. The molecule has 0 aliphatic carbocycles. The number of nitrogens with zero attached hydrogens (tertiary/aromatic N) is 2. The topological polar surface area (TPSA) is 82.5 Å². The summed E-state index contributed by atoms with van der Waals surface area (Å²) >= 11 is 0. The number of pyridine rings is 1. The van der Waals surface area contributed by atoms with Crippen LogP contribution in [0.3, 0.4) is 0 Å². The first-order valence-corrected chi connectivity index (χ1v) is 7.92. The fraction of sp³-hybridized carbons (Fsp3) is 0.278. The number of likely N-dealkylation sites (tertiary alicyclic amines) is 1. The number of hydrogen-bond donors (Lipinski definition) is 2. The van der Waals surface area contributed by atoms with Gasteiger partial charge < -0.3 is 15.3 Å². The maximum atomic E-state index is 12.4. The monoisotopic (exact) mass is 325 g/mol. The standard InChI is InChI=1S/C18H19N3O3/c22-16-3-1-2-14(12-16)17(23)20-15-6-10-21(11-7-15)18(24)13-4-8-19-9-5-13/h1-5,8-9,12,15,22H,6-7,10-11H2,(H,20,23). The maximum absolute atomic E-state index is 12.4. The zero-order valence-electron chi connectivity index (χ0n) is 13.2. The van der Waals surface area contributed by atoms with Gasteiger partial charge in [0.1, 0.15) is 5.75 Å². The van der Waals surface area contributed by atoms with Crippen LogP contribution in [0.25, 0.3) is 0 Å². The van der Waals surface area contributed by atoms with E-state index in [0.29, 0.717) is 37.1 Å². The number of aromatic hydroxyl groups is 1. The van der Waals surface area contributed by atoms with Crippen LogP contribution in [-0.4, -0.2) is 45.9 Å². The van der Waals surface area contributed by atoms with Crippen molar-refractivity contribution in [3.05, 3.63) is 59.9 Å². The first-order chi connectivity index (χ1) is 11.6. The molecule has 1 aliphatic heterocycles. The van der Waals surface area contributed by atoms with Gasteiger partial charge in [-0.3, -0.25) is 14.6 Å². The first kappa shape index (κ1) is 16.0. The summed E-state index contributed by atoms with van der Waals surface area (Å²) in [5.41, 5.74) is 1.07. The predicted octanol–water partition coefficient (Wildman–Crippen LogP) is 1.82. The molecule has 0 radical (unpaired) electrons. The highest BCUT2D eigenvalue weighted by Crippen LogP contribution is 2.15. The second kappa shape index (κ2) is 7.12. The molecule has 6 heteroatoms. The molecular weight excluding hydrogens is 306 g/mol. The Balaban J connectivity index is 1.54. The molecule has 124 valence electrons. The molecule has 1 saturated heterocycles. The summed E-state index contributed by atoms with van der Waals surface area (Å²) in [5.74, 6) is -0.139. The van der Waals surface area contributed by atoms with Crippen LogP contribution in [-0.2, 0) is 0 Å². The van der Waals surface area contributed by atoms with Crippen molar-refractivity contribution in [3.8, 4) is 5.75 Å². The molecule has 24 heavy (non-hydrogen) atoms. The van der Waals surface area contributed by atoms with Crippen LogP contribution >= 0.6 is 0 Å². The van der Waals surface area contributed by atoms with Crippen LogP contribution in [0.15, 0.2) is 48.8 Å². The summed E-state index contributed by atoms with van der Waals surface area (Å²) in [6.45, 7) is 1.21. The third-order valence-corrected chi connectivity index (χ3v) is 4.15. The lowest BCUT2D eigenvalue weighted by Crippen LogP contribution is -2.46. The van der Waals surface area contributed by atoms with Gasteiger partial charge >= 0.3 is 0 Å². The van der Waals surface area contributed by atoms with Crippen molar-refractivity contribution in [3.63, 3.8) is 0 Å². The molecule has 1 fully saturated rings. The number of carbonyl (C=O) groups is 2. The summed E-state index contributed by atoms with van der Waals surface area (Å²) in [6.07, 6.45) is 4.63. The smallest absolute Gasteiger partial charge is 0.253 e. The van der Waals surface area contributed by atoms with E-state index >= 15 is 0 Å². The predicted molar refractivity (Wildman–Crippen MR) is 88.7 cm³/mol. The Morgan fingerprint density at radius 3 is 2.46 bits per heavy atom. The molecule has 0 unspecified atom stereocenters. The lowest BCUT2D eigenvalue weighted by atomic mass is 10.0. The highest BCUT2D eigenvalue weighted by atomic mass is 16.3. The van der Waals surface area contributed by atoms with Crippen LogP contribution in [0.5, 0.6) is 5.75 Å². The second-order valence-electron chi connectivity index (χ2n) is 5.83. The largest absolute Gasteiger partial charge is 0.508 e. The number of nitrogens with one attached hydrogen (secondary N) is 1. The summed E-state index contributed by atoms with van der Waals surface area (Å²) < 4.78 is 0. The van der Waals surface area contributed by atoms with Gasteiger partial charge in [-0.2, -0.15) is 0 Å². The fourth-order valence-corrected chi connectivity index (χ4v) is 2.82. The Morgan fingerprint density at radius 1 is 1.08 bits per heavy atom. The highest BCUT2D eigenvalue weighted by molar-refractivity contribution is 5.95. The van der Waals surface area contributed by atoms with E-state index in [1.54, 1.807) is 41.6 Å². The molecule has 1 aliphatic rings. The number of aromatic nitrogens is 1. The molecule has 0 spiro atoms. The number of piperidine rings is 1. The molecule has 1 aromatic carbocycles. The van der Waals surface area contributed by atoms with Crippen molar-refractivity contribution in [1.29, 1.82) is 0 Å². The van der Waals surface area contributed by atoms with Crippen molar-refractivity contribution in [2.45, 2.75) is 18.9 Å². The van der Waals surface area contributed by atoms with Gasteiger partial charge in [-0.15, -0.1) is 0 Å². The van der Waals surface area contributed by atoms with Crippen molar-refractivity contribution in [2.75, 3.05) is 13.1 Å². The van der Waals surface area contributed by atoms with E-state index in [4.69, 9.17) is 0 Å². The van der Waals surface area contributed by atoms with Crippen LogP contribution in [0.2, 0.25) is 0 Å². The van der Waals surface area contributed by atoms with Crippen LogP contribution < -0.4 is 5.32 Å². The lowest BCUT2D eigenvalue weighted by molar-refractivity contribution is 0.0698. The van der Waals surface area contributed by atoms with Gasteiger partial charge in [0.25, 0.3) is 11.8 Å². The molecular formula is C18H19N3O3. The summed E-state index contributed by atoms with van der Waals surface area (Å²) in [6, 6.07) is 9.71. The molecule has 3 rings (SSSR count). The highest BCUT2D eigenvalue weighted by Gasteiger charge is 2.24. The average Bonchev–Trinajstić information content (AvgIpc) is 2.62. The van der Waals surface area contributed by atoms with Gasteiger partial charge in [0.15, 0.2) is 0 Å². The van der Waals surface area contributed by atoms with Crippen molar-refractivity contribution >= 4 is 11.8 Å². The maximum Gasteiger partial charge on any atom is 0.253 e. The van der Waals surface area contributed by atoms with Gasteiger partial charge in [0.05, 0.1) is 0 Å². The second-order valence-corrected chi connectivity index (χ2v) is 5.83. The lowest BCUT2D eigenvalue weighted by Gasteiger charge is -2.32. The minimum absolute atomic E-state index is 0.00448. The fourth-order valence-electron chi connectivity index (χ4n) is 2.82. The normalized spacial score (nSPS) is 15.1. The molecule has 0 bridgehead atoms. The van der Waals surface area contributed by atoms with Crippen LogP contribution in [0, 0.1) is 0 Å². The SMILES string of the molecule is O=C(NC1CCN(C(=O)c2ccncc2)CC1)c1cccc(O)c1. The van der Waals surface area contributed by atoms with E-state index in [0.717, 1.165) is 0 Å². The van der Waals surface area contributed by atoms with Crippen LogP contribution in [0.1, 0.15) is 33.6 Å². The van der Waals surface area contributed by atoms with Gasteiger partial charge in [-0.05, 0) is 43.2 Å².